The van der Waals surface area contributed by atoms with Crippen molar-refractivity contribution in [2.24, 2.45) is 4.36 Å². The molecule has 2 N–H and O–H groups in total. The van der Waals surface area contributed by atoms with Crippen LogP contribution in [-0.4, -0.2) is 50.1 Å². The van der Waals surface area contributed by atoms with Gasteiger partial charge in [0.1, 0.15) is 11.6 Å². The number of hydrogen-bond acceptors (Lipinski definition) is 10. The van der Waals surface area contributed by atoms with Crippen LogP contribution in [-0.2, 0) is 48.8 Å². The first-order valence-electron chi connectivity index (χ1n) is 12.7. The summed E-state index contributed by atoms with van der Waals surface area (Å²) in [6, 6.07) is 14.3. The molecule has 0 saturated heterocycles. The topological polar surface area (TPSA) is 153 Å². The molecule has 2 amide bonds. The van der Waals surface area contributed by atoms with Crippen molar-refractivity contribution in [1.82, 2.24) is 15.6 Å². The Morgan fingerprint density at radius 3 is 2.29 bits per heavy atom. The molecule has 0 fully saturated rings. The van der Waals surface area contributed by atoms with Gasteiger partial charge in [-0.25, -0.2) is 14.6 Å². The van der Waals surface area contributed by atoms with E-state index in [0.29, 0.717) is 16.3 Å². The number of esters is 1. The van der Waals surface area contributed by atoms with Crippen molar-refractivity contribution < 1.29 is 32.3 Å². The lowest BCUT2D eigenvalue weighted by Crippen LogP contribution is -2.43. The Morgan fingerprint density at radius 2 is 1.68 bits per heavy atom. The van der Waals surface area contributed by atoms with Gasteiger partial charge in [-0.3, -0.25) is 4.79 Å². The largest absolute Gasteiger partial charge is 0.467 e. The first-order chi connectivity index (χ1) is 19.4. The fourth-order valence-corrected chi connectivity index (χ4v) is 4.98. The highest BCUT2D eigenvalue weighted by atomic mass is 32.2. The number of alkyl carbamates (subject to hydrolysis) is 1. The number of carbonyl (C=O) groups excluding carboxylic acids is 3. The van der Waals surface area contributed by atoms with Crippen LogP contribution in [0.5, 0.6) is 0 Å². The Kier molecular flexibility index (Phi) is 11.1. The van der Waals surface area contributed by atoms with Gasteiger partial charge in [-0.05, 0) is 44.0 Å². The molecule has 0 unspecified atom stereocenters. The maximum atomic E-state index is 12.8. The zero-order valence-corrected chi connectivity index (χ0v) is 24.8. The molecule has 2 atom stereocenters. The first-order valence-corrected chi connectivity index (χ1v) is 14.6. The average Bonchev–Trinajstić information content (AvgIpc) is 3.33. The minimum absolute atomic E-state index is 0.0501. The molecule has 218 valence electrons. The molecule has 11 nitrogen and oxygen atoms in total. The summed E-state index contributed by atoms with van der Waals surface area (Å²) in [7, 11) is -1.32. The Morgan fingerprint density at radius 1 is 1.00 bits per heavy atom. The number of benzene rings is 2. The SMILES string of the molecule is COC(=O)[C@H](Cc1ccccc1)NC(=O)Cc1csc(C[C@H](NC(=O)OC(C)(C)C)c2ccc(N=S(=O)=O)cc2)n1. The quantitative estimate of drug-likeness (QED) is 0.312. The van der Waals surface area contributed by atoms with E-state index in [0.717, 1.165) is 5.56 Å². The highest BCUT2D eigenvalue weighted by molar-refractivity contribution is 7.61. The lowest BCUT2D eigenvalue weighted by Gasteiger charge is -2.23. The van der Waals surface area contributed by atoms with Gasteiger partial charge in [0.05, 0.1) is 36.0 Å². The van der Waals surface area contributed by atoms with Crippen molar-refractivity contribution in [2.75, 3.05) is 7.11 Å². The summed E-state index contributed by atoms with van der Waals surface area (Å²) in [4.78, 5) is 42.2. The van der Waals surface area contributed by atoms with E-state index in [2.05, 4.69) is 20.0 Å². The third-order valence-electron chi connectivity index (χ3n) is 5.59. The molecule has 3 aromatic rings. The molecule has 41 heavy (non-hydrogen) atoms. The number of rotatable bonds is 11. The Balaban J connectivity index is 1.71. The van der Waals surface area contributed by atoms with Crippen LogP contribution >= 0.6 is 11.3 Å². The summed E-state index contributed by atoms with van der Waals surface area (Å²) < 4.78 is 35.5. The number of aromatic nitrogens is 1. The second-order valence-corrected chi connectivity index (χ2v) is 11.6. The summed E-state index contributed by atoms with van der Waals surface area (Å²) in [6.07, 6.45) is -0.101. The molecular formula is C28H32N4O7S2. The summed E-state index contributed by atoms with van der Waals surface area (Å²) in [6.45, 7) is 5.26. The van der Waals surface area contributed by atoms with E-state index in [1.54, 1.807) is 38.3 Å². The molecule has 0 radical (unpaired) electrons. The van der Waals surface area contributed by atoms with Crippen molar-refractivity contribution in [1.29, 1.82) is 0 Å². The summed E-state index contributed by atoms with van der Waals surface area (Å²) in [5, 5.41) is 7.97. The summed E-state index contributed by atoms with van der Waals surface area (Å²) in [5.74, 6) is -0.927. The van der Waals surface area contributed by atoms with Crippen LogP contribution in [0.15, 0.2) is 64.3 Å². The average molecular weight is 601 g/mol. The van der Waals surface area contributed by atoms with Crippen molar-refractivity contribution in [3.8, 4) is 0 Å². The van der Waals surface area contributed by atoms with Gasteiger partial charge in [0, 0.05) is 18.2 Å². The predicted molar refractivity (Wildman–Crippen MR) is 153 cm³/mol. The second kappa shape index (κ2) is 14.5. The number of nitrogens with zero attached hydrogens (tertiary/aromatic N) is 2. The molecule has 0 saturated carbocycles. The number of nitrogens with one attached hydrogen (secondary N) is 2. The lowest BCUT2D eigenvalue weighted by molar-refractivity contribution is -0.145. The molecule has 2 aromatic carbocycles. The van der Waals surface area contributed by atoms with Gasteiger partial charge < -0.3 is 20.1 Å². The molecule has 0 aliphatic rings. The predicted octanol–water partition coefficient (Wildman–Crippen LogP) is 4.09. The molecule has 1 heterocycles. The standard InChI is InChI=1S/C28H32N4O7S2/c1-28(2,3)39-27(35)31-22(19-10-12-20(13-11-19)32-41(36)37)16-25-29-21(17-40-25)15-24(33)30-23(26(34)38-4)14-18-8-6-5-7-9-18/h5-13,17,22-23H,14-16H2,1-4H3,(H,30,33)(H,31,35)/t22-,23-/m0/s1. The van der Waals surface area contributed by atoms with Gasteiger partial charge in [-0.1, -0.05) is 42.5 Å². The van der Waals surface area contributed by atoms with Gasteiger partial charge in [0.15, 0.2) is 0 Å². The van der Waals surface area contributed by atoms with Crippen LogP contribution in [0.4, 0.5) is 10.5 Å². The number of carbonyl (C=O) groups is 3. The maximum absolute atomic E-state index is 12.8. The number of hydrogen-bond donors (Lipinski definition) is 2. The van der Waals surface area contributed by atoms with Crippen LogP contribution < -0.4 is 10.6 Å². The highest BCUT2D eigenvalue weighted by Gasteiger charge is 2.24. The summed E-state index contributed by atoms with van der Waals surface area (Å²) in [5.41, 5.74) is 1.61. The Hall–Kier alpha value is -4.10. The van der Waals surface area contributed by atoms with Crippen LogP contribution in [0.1, 0.15) is 48.6 Å². The van der Waals surface area contributed by atoms with Crippen molar-refractivity contribution in [3.63, 3.8) is 0 Å². The number of amides is 2. The third kappa shape index (κ3) is 10.8. The van der Waals surface area contributed by atoms with Crippen LogP contribution in [0.25, 0.3) is 0 Å². The van der Waals surface area contributed by atoms with E-state index < -0.39 is 40.2 Å². The van der Waals surface area contributed by atoms with E-state index in [4.69, 9.17) is 9.47 Å². The van der Waals surface area contributed by atoms with Gasteiger partial charge >= 0.3 is 22.6 Å². The van der Waals surface area contributed by atoms with Gasteiger partial charge in [0.25, 0.3) is 0 Å². The first kappa shape index (κ1) is 31.4. The fraction of sp³-hybridized carbons (Fsp3) is 0.357. The van der Waals surface area contributed by atoms with Gasteiger partial charge in [-0.15, -0.1) is 15.7 Å². The lowest BCUT2D eigenvalue weighted by atomic mass is 10.0. The Labute approximate surface area is 244 Å². The molecular weight excluding hydrogens is 568 g/mol. The van der Waals surface area contributed by atoms with E-state index in [1.165, 1.54) is 30.6 Å². The van der Waals surface area contributed by atoms with Crippen molar-refractivity contribution in [3.05, 3.63) is 81.8 Å². The van der Waals surface area contributed by atoms with Crippen molar-refractivity contribution in [2.45, 2.75) is 57.7 Å². The number of ether oxygens (including phenoxy) is 2. The van der Waals surface area contributed by atoms with Gasteiger partial charge in [-0.2, -0.15) is 8.42 Å². The van der Waals surface area contributed by atoms with E-state index >= 15 is 0 Å². The third-order valence-corrected chi connectivity index (χ3v) is 6.87. The summed E-state index contributed by atoms with van der Waals surface area (Å²) >= 11 is 1.32. The minimum atomic E-state index is -2.59. The molecule has 0 aliphatic heterocycles. The monoisotopic (exact) mass is 600 g/mol. The van der Waals surface area contributed by atoms with E-state index in [-0.39, 0.29) is 30.9 Å². The number of methoxy groups -OCH3 is 1. The molecule has 0 aliphatic carbocycles. The zero-order chi connectivity index (χ0) is 30.0. The fourth-order valence-electron chi connectivity index (χ4n) is 3.85. The smallest absolute Gasteiger partial charge is 0.408 e. The van der Waals surface area contributed by atoms with Crippen LogP contribution in [0, 0.1) is 0 Å². The van der Waals surface area contributed by atoms with Gasteiger partial charge in [0.2, 0.25) is 5.91 Å². The normalized spacial score (nSPS) is 12.5. The molecule has 1 aromatic heterocycles. The van der Waals surface area contributed by atoms with Crippen molar-refractivity contribution >= 4 is 45.5 Å². The molecule has 13 heteroatoms. The highest BCUT2D eigenvalue weighted by Crippen LogP contribution is 2.24. The van der Waals surface area contributed by atoms with E-state index in [1.807, 2.05) is 30.3 Å². The van der Waals surface area contributed by atoms with Crippen LogP contribution in [0.3, 0.4) is 0 Å². The van der Waals surface area contributed by atoms with Crippen LogP contribution in [0.2, 0.25) is 0 Å². The zero-order valence-electron chi connectivity index (χ0n) is 23.1. The Bertz CT molecular complexity index is 1470. The number of thiazole rings is 1. The maximum Gasteiger partial charge on any atom is 0.408 e. The minimum Gasteiger partial charge on any atom is -0.467 e. The molecule has 0 bridgehead atoms. The molecule has 3 rings (SSSR count). The second-order valence-electron chi connectivity index (χ2n) is 10.0. The van der Waals surface area contributed by atoms with E-state index in [9.17, 15) is 22.8 Å². The molecule has 0 spiro atoms.